The molecule has 0 radical (unpaired) electrons. The van der Waals surface area contributed by atoms with E-state index < -0.39 is 0 Å². The first-order chi connectivity index (χ1) is 13.7. The highest BCUT2D eigenvalue weighted by atomic mass is 32.1. The molecule has 0 spiro atoms. The number of thiazole rings is 1. The van der Waals surface area contributed by atoms with Crippen LogP contribution in [0.2, 0.25) is 0 Å². The van der Waals surface area contributed by atoms with E-state index in [4.69, 9.17) is 4.74 Å². The third-order valence-corrected chi connectivity index (χ3v) is 6.74. The lowest BCUT2D eigenvalue weighted by atomic mass is 10.1. The Kier molecular flexibility index (Phi) is 4.53. The van der Waals surface area contributed by atoms with E-state index in [0.717, 1.165) is 48.4 Å². The van der Waals surface area contributed by atoms with Crippen molar-refractivity contribution in [3.8, 4) is 10.9 Å². The van der Waals surface area contributed by atoms with Crippen molar-refractivity contribution in [1.29, 1.82) is 0 Å². The Hall–Kier alpha value is -2.44. The molecule has 5 rings (SSSR count). The SMILES string of the molecule is CC(=O)N1CC2CC1CN2CCc1cccc(Oc2nc3ccccc3s2)c1. The van der Waals surface area contributed by atoms with Crippen LogP contribution in [0.15, 0.2) is 48.5 Å². The van der Waals surface area contributed by atoms with Gasteiger partial charge >= 0.3 is 0 Å². The molecule has 2 bridgehead atoms. The van der Waals surface area contributed by atoms with Crippen molar-refractivity contribution in [2.75, 3.05) is 19.6 Å². The maximum atomic E-state index is 11.7. The molecule has 1 amide bonds. The molecule has 28 heavy (non-hydrogen) atoms. The van der Waals surface area contributed by atoms with Gasteiger partial charge in [-0.1, -0.05) is 35.6 Å². The topological polar surface area (TPSA) is 45.7 Å². The predicted octanol–water partition coefficient (Wildman–Crippen LogP) is 3.94. The van der Waals surface area contributed by atoms with Gasteiger partial charge in [0.15, 0.2) is 0 Å². The van der Waals surface area contributed by atoms with Crippen LogP contribution in [0.1, 0.15) is 18.9 Å². The van der Waals surface area contributed by atoms with E-state index >= 15 is 0 Å². The highest BCUT2D eigenvalue weighted by Crippen LogP contribution is 2.32. The maximum absolute atomic E-state index is 11.7. The van der Waals surface area contributed by atoms with Gasteiger partial charge in [0.1, 0.15) is 5.75 Å². The number of rotatable bonds is 5. The maximum Gasteiger partial charge on any atom is 0.279 e. The predicted molar refractivity (Wildman–Crippen MR) is 111 cm³/mol. The van der Waals surface area contributed by atoms with Gasteiger partial charge in [-0.2, -0.15) is 0 Å². The van der Waals surface area contributed by atoms with E-state index in [2.05, 4.69) is 28.1 Å². The van der Waals surface area contributed by atoms with Crippen LogP contribution in [0.25, 0.3) is 10.2 Å². The molecule has 0 aliphatic carbocycles. The van der Waals surface area contributed by atoms with Gasteiger partial charge in [-0.05, 0) is 42.7 Å². The number of aromatic nitrogens is 1. The number of fused-ring (bicyclic) bond motifs is 3. The zero-order chi connectivity index (χ0) is 19.1. The summed E-state index contributed by atoms with van der Waals surface area (Å²) in [5, 5.41) is 0.680. The number of para-hydroxylation sites is 1. The third kappa shape index (κ3) is 3.38. The number of carbonyl (C=O) groups excluding carboxylic acids is 1. The molecular weight excluding hydrogens is 370 g/mol. The Morgan fingerprint density at radius 2 is 2.07 bits per heavy atom. The van der Waals surface area contributed by atoms with Gasteiger partial charge in [-0.3, -0.25) is 9.69 Å². The monoisotopic (exact) mass is 393 g/mol. The Bertz CT molecular complexity index is 985. The molecule has 2 atom stereocenters. The van der Waals surface area contributed by atoms with Gasteiger partial charge in [0.25, 0.3) is 5.19 Å². The number of piperazine rings is 1. The highest BCUT2D eigenvalue weighted by molar-refractivity contribution is 7.20. The van der Waals surface area contributed by atoms with Crippen LogP contribution in [-0.4, -0.2) is 52.4 Å². The van der Waals surface area contributed by atoms with E-state index in [1.165, 1.54) is 5.56 Å². The minimum atomic E-state index is 0.215. The van der Waals surface area contributed by atoms with Crippen molar-refractivity contribution in [2.24, 2.45) is 0 Å². The summed E-state index contributed by atoms with van der Waals surface area (Å²) in [5.74, 6) is 1.05. The largest absolute Gasteiger partial charge is 0.431 e. The number of likely N-dealkylation sites (tertiary alicyclic amines) is 2. The molecular formula is C22H23N3O2S. The molecule has 2 fully saturated rings. The quantitative estimate of drug-likeness (QED) is 0.659. The molecule has 2 aliphatic rings. The summed E-state index contributed by atoms with van der Waals surface area (Å²) < 4.78 is 7.15. The second-order valence-corrected chi connectivity index (χ2v) is 8.65. The number of hydrogen-bond acceptors (Lipinski definition) is 5. The van der Waals surface area contributed by atoms with Gasteiger partial charge in [-0.25, -0.2) is 4.98 Å². The van der Waals surface area contributed by atoms with Gasteiger partial charge in [-0.15, -0.1) is 0 Å². The number of benzene rings is 2. The summed E-state index contributed by atoms with van der Waals surface area (Å²) in [6, 6.07) is 17.3. The first-order valence-corrected chi connectivity index (χ1v) is 10.6. The molecule has 6 heteroatoms. The average molecular weight is 394 g/mol. The summed E-state index contributed by atoms with van der Waals surface area (Å²) in [7, 11) is 0. The van der Waals surface area contributed by atoms with E-state index in [9.17, 15) is 4.79 Å². The van der Waals surface area contributed by atoms with E-state index in [-0.39, 0.29) is 5.91 Å². The molecule has 2 unspecified atom stereocenters. The van der Waals surface area contributed by atoms with E-state index in [0.29, 0.717) is 17.3 Å². The number of hydrogen-bond donors (Lipinski definition) is 0. The lowest BCUT2D eigenvalue weighted by Gasteiger charge is -2.33. The molecule has 2 aromatic carbocycles. The first kappa shape index (κ1) is 17.6. The minimum Gasteiger partial charge on any atom is -0.431 e. The van der Waals surface area contributed by atoms with Crippen LogP contribution < -0.4 is 4.74 Å². The van der Waals surface area contributed by atoms with Crippen LogP contribution in [0.3, 0.4) is 0 Å². The fraction of sp³-hybridized carbons (Fsp3) is 0.364. The second kappa shape index (κ2) is 7.18. The Balaban J connectivity index is 1.21. The van der Waals surface area contributed by atoms with Crippen LogP contribution in [-0.2, 0) is 11.2 Å². The molecule has 0 N–H and O–H groups in total. The van der Waals surface area contributed by atoms with Crippen molar-refractivity contribution in [1.82, 2.24) is 14.8 Å². The minimum absolute atomic E-state index is 0.215. The molecule has 3 heterocycles. The summed E-state index contributed by atoms with van der Waals surface area (Å²) in [6.45, 7) is 4.60. The van der Waals surface area contributed by atoms with Crippen LogP contribution in [0.5, 0.6) is 10.9 Å². The zero-order valence-electron chi connectivity index (χ0n) is 15.9. The van der Waals surface area contributed by atoms with Crippen molar-refractivity contribution >= 4 is 27.5 Å². The molecule has 144 valence electrons. The van der Waals surface area contributed by atoms with Crippen LogP contribution >= 0.6 is 11.3 Å². The summed E-state index contributed by atoms with van der Waals surface area (Å²) in [5.41, 5.74) is 2.24. The lowest BCUT2D eigenvalue weighted by Crippen LogP contribution is -2.48. The van der Waals surface area contributed by atoms with Crippen LogP contribution in [0.4, 0.5) is 0 Å². The first-order valence-electron chi connectivity index (χ1n) is 9.79. The standard InChI is InChI=1S/C22H23N3O2S/c1-15(26)25-14-17-12-18(25)13-24(17)10-9-16-5-4-6-19(11-16)27-22-23-20-7-2-3-8-21(20)28-22/h2-8,11,17-18H,9-10,12-14H2,1H3. The third-order valence-electron chi connectivity index (χ3n) is 5.82. The summed E-state index contributed by atoms with van der Waals surface area (Å²) in [4.78, 5) is 20.8. The van der Waals surface area contributed by atoms with Gasteiger partial charge in [0.2, 0.25) is 5.91 Å². The van der Waals surface area contributed by atoms with Gasteiger partial charge < -0.3 is 9.64 Å². The number of nitrogens with zero attached hydrogens (tertiary/aromatic N) is 3. The van der Waals surface area contributed by atoms with Crippen molar-refractivity contribution in [2.45, 2.75) is 31.8 Å². The van der Waals surface area contributed by atoms with Crippen molar-refractivity contribution in [3.63, 3.8) is 0 Å². The highest BCUT2D eigenvalue weighted by Gasteiger charge is 2.43. The smallest absolute Gasteiger partial charge is 0.279 e. The van der Waals surface area contributed by atoms with E-state index in [1.807, 2.05) is 35.2 Å². The molecule has 3 aromatic rings. The summed E-state index contributed by atoms with van der Waals surface area (Å²) in [6.07, 6.45) is 2.11. The fourth-order valence-corrected chi connectivity index (χ4v) is 5.28. The molecule has 5 nitrogen and oxygen atoms in total. The molecule has 0 saturated carbocycles. The fourth-order valence-electron chi connectivity index (χ4n) is 4.44. The Labute approximate surface area is 168 Å². The Morgan fingerprint density at radius 3 is 2.86 bits per heavy atom. The summed E-state index contributed by atoms with van der Waals surface area (Å²) >= 11 is 1.57. The lowest BCUT2D eigenvalue weighted by molar-refractivity contribution is -0.131. The van der Waals surface area contributed by atoms with Crippen molar-refractivity contribution < 1.29 is 9.53 Å². The Morgan fingerprint density at radius 1 is 1.18 bits per heavy atom. The number of amides is 1. The second-order valence-electron chi connectivity index (χ2n) is 7.66. The molecule has 2 saturated heterocycles. The molecule has 1 aromatic heterocycles. The van der Waals surface area contributed by atoms with Gasteiger partial charge in [0, 0.05) is 38.6 Å². The molecule has 2 aliphatic heterocycles. The number of ether oxygens (including phenoxy) is 1. The number of carbonyl (C=O) groups is 1. The normalized spacial score (nSPS) is 21.5. The van der Waals surface area contributed by atoms with Gasteiger partial charge in [0.05, 0.1) is 10.2 Å². The van der Waals surface area contributed by atoms with E-state index in [1.54, 1.807) is 18.3 Å². The average Bonchev–Trinajstić information content (AvgIpc) is 3.39. The zero-order valence-corrected chi connectivity index (χ0v) is 16.7. The van der Waals surface area contributed by atoms with Crippen molar-refractivity contribution in [3.05, 3.63) is 54.1 Å². The van der Waals surface area contributed by atoms with Crippen LogP contribution in [0, 0.1) is 0 Å².